The maximum absolute atomic E-state index is 6.35. The van der Waals surface area contributed by atoms with Gasteiger partial charge in [0.25, 0.3) is 0 Å². The lowest BCUT2D eigenvalue weighted by atomic mass is 9.99. The van der Waals surface area contributed by atoms with Gasteiger partial charge in [0.05, 0.1) is 0 Å². The van der Waals surface area contributed by atoms with Gasteiger partial charge in [-0.1, -0.05) is 109 Å². The first-order valence-electron chi connectivity index (χ1n) is 15.9. The van der Waals surface area contributed by atoms with Crippen LogP contribution in [0.25, 0.3) is 99.9 Å². The van der Waals surface area contributed by atoms with E-state index in [0.717, 1.165) is 82.5 Å². The Labute approximate surface area is 274 Å². The molecule has 10 rings (SSSR count). The Morgan fingerprint density at radius 2 is 0.917 bits per heavy atom. The highest BCUT2D eigenvalue weighted by Crippen LogP contribution is 2.40. The van der Waals surface area contributed by atoms with E-state index in [4.69, 9.17) is 23.8 Å². The van der Waals surface area contributed by atoms with E-state index in [0.29, 0.717) is 17.5 Å². The van der Waals surface area contributed by atoms with Gasteiger partial charge in [0, 0.05) is 38.2 Å². The van der Waals surface area contributed by atoms with Crippen LogP contribution in [0.3, 0.4) is 0 Å². The van der Waals surface area contributed by atoms with Gasteiger partial charge in [-0.25, -0.2) is 15.0 Å². The van der Waals surface area contributed by atoms with Crippen LogP contribution in [0.5, 0.6) is 0 Å². The number of benzene rings is 7. The van der Waals surface area contributed by atoms with Crippen LogP contribution in [0.15, 0.2) is 160 Å². The summed E-state index contributed by atoms with van der Waals surface area (Å²) < 4.78 is 12.6. The van der Waals surface area contributed by atoms with Crippen LogP contribution >= 0.6 is 0 Å². The number of fused-ring (bicyclic) bond motifs is 7. The summed E-state index contributed by atoms with van der Waals surface area (Å²) in [4.78, 5) is 15.4. The van der Waals surface area contributed by atoms with Crippen LogP contribution in [0.1, 0.15) is 0 Å². The van der Waals surface area contributed by atoms with E-state index in [1.165, 1.54) is 0 Å². The molecular formula is C43H25N3O2. The molecule has 0 N–H and O–H groups in total. The van der Waals surface area contributed by atoms with Crippen molar-refractivity contribution in [3.8, 4) is 45.3 Å². The third kappa shape index (κ3) is 4.22. The molecule has 0 amide bonds. The Bertz CT molecular complexity index is 2850. The molecule has 0 saturated heterocycles. The van der Waals surface area contributed by atoms with E-state index in [-0.39, 0.29) is 0 Å². The first-order valence-corrected chi connectivity index (χ1v) is 15.9. The molecule has 0 radical (unpaired) electrons. The van der Waals surface area contributed by atoms with Crippen LogP contribution in [0.4, 0.5) is 0 Å². The van der Waals surface area contributed by atoms with E-state index in [9.17, 15) is 0 Å². The van der Waals surface area contributed by atoms with E-state index in [1.807, 2.05) is 60.7 Å². The maximum Gasteiger partial charge on any atom is 0.164 e. The highest BCUT2D eigenvalue weighted by atomic mass is 16.3. The first-order chi connectivity index (χ1) is 23.8. The van der Waals surface area contributed by atoms with Crippen molar-refractivity contribution in [2.24, 2.45) is 0 Å². The molecule has 0 atom stereocenters. The van der Waals surface area contributed by atoms with Crippen molar-refractivity contribution in [2.75, 3.05) is 0 Å². The predicted octanol–water partition coefficient (Wildman–Crippen LogP) is 11.5. The van der Waals surface area contributed by atoms with E-state index in [2.05, 4.69) is 91.0 Å². The van der Waals surface area contributed by atoms with Crippen LogP contribution in [0.2, 0.25) is 0 Å². The Balaban J connectivity index is 1.23. The van der Waals surface area contributed by atoms with Gasteiger partial charge in [0.2, 0.25) is 0 Å². The fourth-order valence-corrected chi connectivity index (χ4v) is 6.87. The molecular weight excluding hydrogens is 590 g/mol. The standard InChI is InChI=1S/C43H25N3O2/c1-2-11-27(12-3-1)31-15-8-18-37-39(31)34-25-30(22-23-36(34)48-37)42-44-41(29-21-20-26-10-4-5-13-28(26)24-29)45-43(46-42)33-16-9-19-38-40(33)32-14-6-7-17-35(32)47-38/h1-25H. The lowest BCUT2D eigenvalue weighted by Crippen LogP contribution is -2.00. The van der Waals surface area contributed by atoms with Crippen molar-refractivity contribution in [1.29, 1.82) is 0 Å². The summed E-state index contributed by atoms with van der Waals surface area (Å²) in [5, 5.41) is 6.38. The minimum atomic E-state index is 0.585. The molecule has 0 aliphatic rings. The Morgan fingerprint density at radius 3 is 1.73 bits per heavy atom. The average Bonchev–Trinajstić information content (AvgIpc) is 3.73. The Morgan fingerprint density at radius 1 is 0.333 bits per heavy atom. The number of hydrogen-bond acceptors (Lipinski definition) is 5. The molecule has 0 fully saturated rings. The van der Waals surface area contributed by atoms with Gasteiger partial charge in [0.1, 0.15) is 22.3 Å². The van der Waals surface area contributed by atoms with Gasteiger partial charge in [-0.3, -0.25) is 0 Å². The van der Waals surface area contributed by atoms with Crippen molar-refractivity contribution in [1.82, 2.24) is 15.0 Å². The van der Waals surface area contributed by atoms with E-state index in [1.54, 1.807) is 0 Å². The lowest BCUT2D eigenvalue weighted by Gasteiger charge is -2.10. The van der Waals surface area contributed by atoms with Gasteiger partial charge in [-0.15, -0.1) is 0 Å². The SMILES string of the molecule is c1ccc(-c2cccc3oc4ccc(-c5nc(-c6ccc7ccccc7c6)nc(-c6cccc7oc8ccccc8c67)n5)cc4c23)cc1. The molecule has 3 heterocycles. The molecule has 10 aromatic rings. The molecule has 5 heteroatoms. The van der Waals surface area contributed by atoms with Gasteiger partial charge < -0.3 is 8.83 Å². The number of aromatic nitrogens is 3. The van der Waals surface area contributed by atoms with E-state index < -0.39 is 0 Å². The van der Waals surface area contributed by atoms with Crippen LogP contribution in [-0.2, 0) is 0 Å². The quantitative estimate of drug-likeness (QED) is 0.197. The monoisotopic (exact) mass is 615 g/mol. The second-order valence-electron chi connectivity index (χ2n) is 12.0. The molecule has 224 valence electrons. The maximum atomic E-state index is 6.35. The number of nitrogens with zero attached hydrogens (tertiary/aromatic N) is 3. The third-order valence-electron chi connectivity index (χ3n) is 9.12. The van der Waals surface area contributed by atoms with Gasteiger partial charge in [-0.2, -0.15) is 0 Å². The fraction of sp³-hybridized carbons (Fsp3) is 0. The van der Waals surface area contributed by atoms with Gasteiger partial charge >= 0.3 is 0 Å². The molecule has 0 aliphatic carbocycles. The molecule has 7 aromatic carbocycles. The van der Waals surface area contributed by atoms with Crippen LogP contribution in [0, 0.1) is 0 Å². The molecule has 3 aromatic heterocycles. The first kappa shape index (κ1) is 26.6. The van der Waals surface area contributed by atoms with Crippen LogP contribution < -0.4 is 0 Å². The average molecular weight is 616 g/mol. The summed E-state index contributed by atoms with van der Waals surface area (Å²) >= 11 is 0. The summed E-state index contributed by atoms with van der Waals surface area (Å²) in [6.07, 6.45) is 0. The van der Waals surface area contributed by atoms with Crippen molar-refractivity contribution < 1.29 is 8.83 Å². The fourth-order valence-electron chi connectivity index (χ4n) is 6.87. The zero-order valence-electron chi connectivity index (χ0n) is 25.6. The van der Waals surface area contributed by atoms with Gasteiger partial charge in [-0.05, 0) is 64.4 Å². The lowest BCUT2D eigenvalue weighted by molar-refractivity contribution is 0.668. The molecule has 0 unspecified atom stereocenters. The smallest absolute Gasteiger partial charge is 0.164 e. The molecule has 0 bridgehead atoms. The zero-order valence-corrected chi connectivity index (χ0v) is 25.6. The summed E-state index contributed by atoms with van der Waals surface area (Å²) in [5.74, 6) is 1.77. The molecule has 0 saturated carbocycles. The number of para-hydroxylation sites is 1. The summed E-state index contributed by atoms with van der Waals surface area (Å²) in [7, 11) is 0. The minimum absolute atomic E-state index is 0.585. The topological polar surface area (TPSA) is 65.0 Å². The van der Waals surface area contributed by atoms with Crippen LogP contribution in [-0.4, -0.2) is 15.0 Å². The van der Waals surface area contributed by atoms with Crippen molar-refractivity contribution in [3.63, 3.8) is 0 Å². The van der Waals surface area contributed by atoms with Crippen molar-refractivity contribution >= 4 is 54.6 Å². The summed E-state index contributed by atoms with van der Waals surface area (Å²) in [6.45, 7) is 0. The summed E-state index contributed by atoms with van der Waals surface area (Å²) in [5.41, 5.74) is 8.23. The highest BCUT2D eigenvalue weighted by Gasteiger charge is 2.19. The second-order valence-corrected chi connectivity index (χ2v) is 12.0. The Hall–Kier alpha value is -6.59. The molecule has 0 aliphatic heterocycles. The van der Waals surface area contributed by atoms with Gasteiger partial charge in [0.15, 0.2) is 17.5 Å². The Kier molecular flexibility index (Phi) is 5.81. The number of hydrogen-bond donors (Lipinski definition) is 0. The number of furan rings is 2. The van der Waals surface area contributed by atoms with Crippen molar-refractivity contribution in [3.05, 3.63) is 152 Å². The second kappa shape index (κ2) is 10.5. The molecule has 48 heavy (non-hydrogen) atoms. The predicted molar refractivity (Wildman–Crippen MR) is 194 cm³/mol. The molecule has 5 nitrogen and oxygen atoms in total. The van der Waals surface area contributed by atoms with E-state index >= 15 is 0 Å². The normalized spacial score (nSPS) is 11.8. The zero-order chi connectivity index (χ0) is 31.6. The highest BCUT2D eigenvalue weighted by molar-refractivity contribution is 6.14. The summed E-state index contributed by atoms with van der Waals surface area (Å²) in [6, 6.07) is 51.6. The third-order valence-corrected chi connectivity index (χ3v) is 9.12. The van der Waals surface area contributed by atoms with Crippen molar-refractivity contribution in [2.45, 2.75) is 0 Å². The molecule has 0 spiro atoms. The number of rotatable bonds is 4. The minimum Gasteiger partial charge on any atom is -0.456 e. The largest absolute Gasteiger partial charge is 0.456 e.